The minimum absolute atomic E-state index is 0.0189. The number of carbonyl (C=O) groups is 1. The second kappa shape index (κ2) is 8.18. The van der Waals surface area contributed by atoms with Gasteiger partial charge in [0, 0.05) is 18.8 Å². The van der Waals surface area contributed by atoms with Crippen molar-refractivity contribution >= 4 is 37.6 Å². The molecule has 13 heteroatoms. The summed E-state index contributed by atoms with van der Waals surface area (Å²) >= 11 is 0. The van der Waals surface area contributed by atoms with E-state index < -0.39 is 26.0 Å². The van der Waals surface area contributed by atoms with E-state index in [4.69, 9.17) is 0 Å². The van der Waals surface area contributed by atoms with Crippen LogP contribution in [0.4, 0.5) is 11.6 Å². The zero-order chi connectivity index (χ0) is 24.1. The maximum absolute atomic E-state index is 13.1. The molecule has 0 aliphatic carbocycles. The number of nitrogens with one attached hydrogen (secondary N) is 2. The fraction of sp³-hybridized carbons (Fsp3) is 0.286. The molecule has 0 bridgehead atoms. The van der Waals surface area contributed by atoms with Gasteiger partial charge in [-0.3, -0.25) is 4.79 Å². The average molecular weight is 503 g/mol. The van der Waals surface area contributed by atoms with E-state index in [1.165, 1.54) is 21.1 Å². The number of sulfonamides is 2. The highest BCUT2D eigenvalue weighted by Crippen LogP contribution is 2.30. The fourth-order valence-corrected chi connectivity index (χ4v) is 7.00. The Kier molecular flexibility index (Phi) is 5.41. The molecule has 2 N–H and O–H groups in total. The molecule has 2 aliphatic rings. The number of aryl methyl sites for hydroxylation is 1. The summed E-state index contributed by atoms with van der Waals surface area (Å²) in [7, 11) is -7.53. The lowest BCUT2D eigenvalue weighted by molar-refractivity contribution is 0.101. The molecule has 1 aromatic heterocycles. The van der Waals surface area contributed by atoms with E-state index >= 15 is 0 Å². The molecule has 0 saturated carbocycles. The van der Waals surface area contributed by atoms with E-state index in [9.17, 15) is 21.6 Å². The molecule has 2 aliphatic heterocycles. The number of carbonyl (C=O) groups excluding carboxylic acids is 1. The predicted octanol–water partition coefficient (Wildman–Crippen LogP) is 2.12. The zero-order valence-electron chi connectivity index (χ0n) is 18.2. The minimum atomic E-state index is -3.84. The molecule has 1 fully saturated rings. The van der Waals surface area contributed by atoms with Crippen molar-refractivity contribution in [3.05, 3.63) is 53.9 Å². The van der Waals surface area contributed by atoms with Crippen LogP contribution in [0.15, 0.2) is 52.3 Å². The summed E-state index contributed by atoms with van der Waals surface area (Å²) in [6, 6.07) is 10.9. The van der Waals surface area contributed by atoms with Crippen molar-refractivity contribution in [1.29, 1.82) is 0 Å². The van der Waals surface area contributed by atoms with Crippen molar-refractivity contribution in [3.8, 4) is 5.69 Å². The molecule has 3 aromatic rings. The van der Waals surface area contributed by atoms with Crippen LogP contribution in [0.2, 0.25) is 0 Å². The highest BCUT2D eigenvalue weighted by Gasteiger charge is 2.31. The van der Waals surface area contributed by atoms with E-state index in [2.05, 4.69) is 20.1 Å². The zero-order valence-corrected chi connectivity index (χ0v) is 19.9. The summed E-state index contributed by atoms with van der Waals surface area (Å²) in [5.74, 6) is -1.08. The Morgan fingerprint density at radius 2 is 1.82 bits per heavy atom. The van der Waals surface area contributed by atoms with E-state index in [0.29, 0.717) is 18.7 Å². The fourth-order valence-electron chi connectivity index (χ4n) is 4.06. The second-order valence-corrected chi connectivity index (χ2v) is 11.7. The molecule has 178 valence electrons. The Bertz CT molecular complexity index is 1510. The first-order valence-electron chi connectivity index (χ1n) is 10.7. The van der Waals surface area contributed by atoms with Crippen LogP contribution in [0.1, 0.15) is 35.4 Å². The van der Waals surface area contributed by atoms with Crippen molar-refractivity contribution < 1.29 is 21.6 Å². The quantitative estimate of drug-likeness (QED) is 0.556. The van der Waals surface area contributed by atoms with Crippen LogP contribution in [0, 0.1) is 6.92 Å². The van der Waals surface area contributed by atoms with Gasteiger partial charge in [-0.15, -0.1) is 5.10 Å². The Morgan fingerprint density at radius 3 is 2.59 bits per heavy atom. The first-order chi connectivity index (χ1) is 16.2. The molecule has 0 unspecified atom stereocenters. The topological polar surface area (TPSA) is 143 Å². The molecule has 34 heavy (non-hydrogen) atoms. The summed E-state index contributed by atoms with van der Waals surface area (Å²) in [6.45, 7) is 2.65. The molecule has 5 rings (SSSR count). The van der Waals surface area contributed by atoms with Crippen LogP contribution in [-0.4, -0.2) is 54.9 Å². The van der Waals surface area contributed by atoms with Crippen LogP contribution in [-0.2, 0) is 20.0 Å². The molecule has 11 nitrogen and oxygen atoms in total. The summed E-state index contributed by atoms with van der Waals surface area (Å²) in [5, 5.41) is 6.77. The standard InChI is InChI=1S/C21H22N6O5S2/c1-14-9-10-15(13-18(14)34(31,32)26-11-5-2-6-12-26)22-20(28)19-23-21-25-33(29,30)17-8-4-3-7-16(17)27(21)24-19/h3-4,7-10,13H,2,5-6,11-12H2,1H3,(H,22,28)(H,23,24,25). The van der Waals surface area contributed by atoms with E-state index in [-0.39, 0.29) is 32.9 Å². The second-order valence-electron chi connectivity index (χ2n) is 8.14. The van der Waals surface area contributed by atoms with Crippen LogP contribution in [0.3, 0.4) is 0 Å². The van der Waals surface area contributed by atoms with Crippen molar-refractivity contribution in [1.82, 2.24) is 19.1 Å². The summed E-state index contributed by atoms with van der Waals surface area (Å²) < 4.78 is 56.2. The van der Waals surface area contributed by atoms with E-state index in [1.54, 1.807) is 37.3 Å². The third-order valence-electron chi connectivity index (χ3n) is 5.80. The monoisotopic (exact) mass is 502 g/mol. The SMILES string of the molecule is Cc1ccc(NC(=O)c2nc3n(n2)-c2ccccc2S(=O)(=O)N3)cc1S(=O)(=O)N1CCCCC1. The summed E-state index contributed by atoms with van der Waals surface area (Å²) in [6.07, 6.45) is 2.64. The van der Waals surface area contributed by atoms with Crippen molar-refractivity contribution in [2.45, 2.75) is 36.0 Å². The maximum Gasteiger partial charge on any atom is 0.295 e. The largest absolute Gasteiger partial charge is 0.319 e. The van der Waals surface area contributed by atoms with Gasteiger partial charge in [-0.05, 0) is 49.6 Å². The number of piperidine rings is 1. The van der Waals surface area contributed by atoms with E-state index in [0.717, 1.165) is 19.3 Å². The Morgan fingerprint density at radius 1 is 1.09 bits per heavy atom. The van der Waals surface area contributed by atoms with Gasteiger partial charge in [0.25, 0.3) is 15.9 Å². The van der Waals surface area contributed by atoms with Gasteiger partial charge in [-0.25, -0.2) is 21.6 Å². The van der Waals surface area contributed by atoms with Crippen molar-refractivity contribution in [2.24, 2.45) is 0 Å². The lowest BCUT2D eigenvalue weighted by Crippen LogP contribution is -2.36. The highest BCUT2D eigenvalue weighted by molar-refractivity contribution is 7.93. The summed E-state index contributed by atoms with van der Waals surface area (Å²) in [5.41, 5.74) is 1.11. The van der Waals surface area contributed by atoms with Crippen molar-refractivity contribution in [2.75, 3.05) is 23.1 Å². The number of anilines is 2. The van der Waals surface area contributed by atoms with Crippen LogP contribution in [0.5, 0.6) is 0 Å². The Hall–Kier alpha value is -3.29. The first kappa shape index (κ1) is 22.5. The number of rotatable bonds is 4. The number of benzene rings is 2. The molecular weight excluding hydrogens is 480 g/mol. The predicted molar refractivity (Wildman–Crippen MR) is 124 cm³/mol. The third kappa shape index (κ3) is 3.85. The maximum atomic E-state index is 13.1. The molecule has 0 atom stereocenters. The number of para-hydroxylation sites is 1. The molecule has 0 radical (unpaired) electrons. The molecule has 2 aromatic carbocycles. The lowest BCUT2D eigenvalue weighted by atomic mass is 10.2. The number of hydrogen-bond donors (Lipinski definition) is 2. The number of fused-ring (bicyclic) bond motifs is 3. The normalized spacial score (nSPS) is 17.3. The van der Waals surface area contributed by atoms with Crippen LogP contribution >= 0.6 is 0 Å². The van der Waals surface area contributed by atoms with Gasteiger partial charge in [-0.2, -0.15) is 14.0 Å². The summed E-state index contributed by atoms with van der Waals surface area (Å²) in [4.78, 5) is 17.0. The Labute approximate surface area is 196 Å². The number of hydrogen-bond acceptors (Lipinski definition) is 7. The lowest BCUT2D eigenvalue weighted by Gasteiger charge is -2.26. The van der Waals surface area contributed by atoms with Crippen LogP contribution < -0.4 is 10.0 Å². The first-order valence-corrected chi connectivity index (χ1v) is 13.6. The van der Waals surface area contributed by atoms with Gasteiger partial charge >= 0.3 is 0 Å². The number of nitrogens with zero attached hydrogens (tertiary/aromatic N) is 4. The van der Waals surface area contributed by atoms with Gasteiger partial charge in [0.2, 0.25) is 21.8 Å². The molecule has 0 spiro atoms. The van der Waals surface area contributed by atoms with E-state index in [1.807, 2.05) is 0 Å². The molecule has 1 saturated heterocycles. The van der Waals surface area contributed by atoms with Gasteiger partial charge in [0.05, 0.1) is 10.6 Å². The Balaban J connectivity index is 1.44. The third-order valence-corrected chi connectivity index (χ3v) is 9.21. The number of amides is 1. The van der Waals surface area contributed by atoms with Crippen molar-refractivity contribution in [3.63, 3.8) is 0 Å². The number of aromatic nitrogens is 3. The van der Waals surface area contributed by atoms with Gasteiger partial charge in [0.15, 0.2) is 0 Å². The van der Waals surface area contributed by atoms with Crippen LogP contribution in [0.25, 0.3) is 5.69 Å². The minimum Gasteiger partial charge on any atom is -0.319 e. The molecule has 1 amide bonds. The molecule has 3 heterocycles. The van der Waals surface area contributed by atoms with Gasteiger partial charge in [0.1, 0.15) is 4.90 Å². The molecular formula is C21H22N6O5S2. The smallest absolute Gasteiger partial charge is 0.295 e. The van der Waals surface area contributed by atoms with Gasteiger partial charge in [-0.1, -0.05) is 24.6 Å². The average Bonchev–Trinajstić information content (AvgIpc) is 3.24. The highest BCUT2D eigenvalue weighted by atomic mass is 32.2. The van der Waals surface area contributed by atoms with Gasteiger partial charge < -0.3 is 5.32 Å².